The van der Waals surface area contributed by atoms with E-state index in [0.29, 0.717) is 5.92 Å². The predicted octanol–water partition coefficient (Wildman–Crippen LogP) is 6.13. The topological polar surface area (TPSA) is 0 Å². The Balaban J connectivity index is 2.12. The number of hydrogen-bond donors (Lipinski definition) is 0. The van der Waals surface area contributed by atoms with Crippen molar-refractivity contribution in [3.63, 3.8) is 0 Å². The van der Waals surface area contributed by atoms with Gasteiger partial charge in [0.25, 0.3) is 0 Å². The van der Waals surface area contributed by atoms with Crippen LogP contribution >= 0.6 is 0 Å². The summed E-state index contributed by atoms with van der Waals surface area (Å²) in [6.45, 7) is 2.17. The maximum Gasteiger partial charge on any atom is 0.159 e. The number of hydrogen-bond acceptors (Lipinski definition) is 0. The van der Waals surface area contributed by atoms with Crippen LogP contribution in [-0.4, -0.2) is 0 Å². The summed E-state index contributed by atoms with van der Waals surface area (Å²) < 4.78 is 26.5. The van der Waals surface area contributed by atoms with E-state index in [2.05, 4.69) is 13.0 Å². The van der Waals surface area contributed by atoms with Gasteiger partial charge in [-0.1, -0.05) is 37.5 Å². The van der Waals surface area contributed by atoms with Crippen LogP contribution in [0.4, 0.5) is 8.78 Å². The third-order valence-electron chi connectivity index (χ3n) is 4.21. The summed E-state index contributed by atoms with van der Waals surface area (Å²) in [5.41, 5.74) is 2.45. The minimum atomic E-state index is -0.750. The minimum Gasteiger partial charge on any atom is -0.204 e. The number of benzene rings is 1. The van der Waals surface area contributed by atoms with Crippen LogP contribution in [0.2, 0.25) is 0 Å². The maximum atomic E-state index is 13.5. The predicted molar refractivity (Wildman–Crippen MR) is 79.8 cm³/mol. The quantitative estimate of drug-likeness (QED) is 0.549. The van der Waals surface area contributed by atoms with Crippen molar-refractivity contribution in [2.24, 2.45) is 0 Å². The zero-order valence-corrected chi connectivity index (χ0v) is 12.3. The van der Waals surface area contributed by atoms with Crippen LogP contribution in [0.25, 0.3) is 0 Å². The van der Waals surface area contributed by atoms with Gasteiger partial charge in [0.15, 0.2) is 11.6 Å². The maximum absolute atomic E-state index is 13.5. The average Bonchev–Trinajstić information content (AvgIpc) is 2.47. The van der Waals surface area contributed by atoms with Crippen LogP contribution in [0.3, 0.4) is 0 Å². The summed E-state index contributed by atoms with van der Waals surface area (Å²) in [7, 11) is 0. The molecule has 1 aliphatic rings. The molecule has 1 aromatic carbocycles. The van der Waals surface area contributed by atoms with Crippen molar-refractivity contribution in [2.45, 2.75) is 64.2 Å². The fraction of sp³-hybridized carbons (Fsp3) is 0.556. The molecule has 110 valence electrons. The highest BCUT2D eigenvalue weighted by atomic mass is 19.2. The summed E-state index contributed by atoms with van der Waals surface area (Å²) in [6, 6.07) is 4.40. The van der Waals surface area contributed by atoms with Gasteiger partial charge in [-0.25, -0.2) is 8.78 Å². The van der Waals surface area contributed by atoms with Gasteiger partial charge in [-0.2, -0.15) is 0 Å². The van der Waals surface area contributed by atoms with Crippen molar-refractivity contribution in [2.75, 3.05) is 0 Å². The lowest BCUT2D eigenvalue weighted by Gasteiger charge is -2.21. The second kappa shape index (κ2) is 7.56. The van der Waals surface area contributed by atoms with Gasteiger partial charge in [-0.3, -0.25) is 0 Å². The Kier molecular flexibility index (Phi) is 5.75. The second-order valence-electron chi connectivity index (χ2n) is 5.82. The van der Waals surface area contributed by atoms with Crippen LogP contribution < -0.4 is 0 Å². The van der Waals surface area contributed by atoms with E-state index >= 15 is 0 Å². The molecular weight excluding hydrogens is 254 g/mol. The molecule has 0 saturated heterocycles. The Morgan fingerprint density at radius 1 is 1.15 bits per heavy atom. The smallest absolute Gasteiger partial charge is 0.159 e. The molecule has 0 heterocycles. The molecule has 0 fully saturated rings. The average molecular weight is 278 g/mol. The van der Waals surface area contributed by atoms with Crippen LogP contribution in [0.5, 0.6) is 0 Å². The van der Waals surface area contributed by atoms with Gasteiger partial charge in [-0.15, -0.1) is 0 Å². The number of rotatable bonds is 6. The van der Waals surface area contributed by atoms with E-state index in [-0.39, 0.29) is 0 Å². The Labute approximate surface area is 120 Å². The largest absolute Gasteiger partial charge is 0.204 e. The Hall–Kier alpha value is -1.18. The van der Waals surface area contributed by atoms with Crippen molar-refractivity contribution in [1.82, 2.24) is 0 Å². The zero-order valence-electron chi connectivity index (χ0n) is 12.3. The Morgan fingerprint density at radius 2 is 2.00 bits per heavy atom. The molecule has 0 amide bonds. The van der Waals surface area contributed by atoms with E-state index in [9.17, 15) is 8.78 Å². The molecule has 0 aliphatic heterocycles. The summed E-state index contributed by atoms with van der Waals surface area (Å²) in [5, 5.41) is 0. The van der Waals surface area contributed by atoms with Crippen LogP contribution in [0.15, 0.2) is 29.8 Å². The van der Waals surface area contributed by atoms with Crippen molar-refractivity contribution < 1.29 is 8.78 Å². The van der Waals surface area contributed by atoms with Crippen molar-refractivity contribution in [3.8, 4) is 0 Å². The highest BCUT2D eigenvalue weighted by Crippen LogP contribution is 2.33. The summed E-state index contributed by atoms with van der Waals surface area (Å²) in [5.74, 6) is -1.14. The van der Waals surface area contributed by atoms with Gasteiger partial charge < -0.3 is 0 Å². The molecule has 1 atom stereocenters. The first kappa shape index (κ1) is 15.2. The summed E-state index contributed by atoms with van der Waals surface area (Å²) in [6.07, 6.45) is 11.6. The van der Waals surface area contributed by atoms with Crippen LogP contribution in [0.1, 0.15) is 69.8 Å². The molecule has 0 radical (unpaired) electrons. The number of allylic oxidation sites excluding steroid dienone is 2. The van der Waals surface area contributed by atoms with Crippen molar-refractivity contribution in [3.05, 3.63) is 47.0 Å². The molecule has 0 spiro atoms. The molecule has 2 rings (SSSR count). The number of unbranched alkanes of at least 4 members (excludes halogenated alkanes) is 1. The highest BCUT2D eigenvalue weighted by Gasteiger charge is 2.16. The summed E-state index contributed by atoms with van der Waals surface area (Å²) >= 11 is 0. The Morgan fingerprint density at radius 3 is 2.65 bits per heavy atom. The van der Waals surface area contributed by atoms with Gasteiger partial charge in [-0.05, 0) is 62.1 Å². The van der Waals surface area contributed by atoms with E-state index in [4.69, 9.17) is 0 Å². The molecule has 0 aromatic heterocycles. The molecule has 1 aromatic rings. The fourth-order valence-electron chi connectivity index (χ4n) is 3.01. The van der Waals surface area contributed by atoms with E-state index in [0.717, 1.165) is 31.2 Å². The van der Waals surface area contributed by atoms with Gasteiger partial charge in [0.1, 0.15) is 0 Å². The normalized spacial score (nSPS) is 16.9. The minimum absolute atomic E-state index is 0.328. The summed E-state index contributed by atoms with van der Waals surface area (Å²) in [4.78, 5) is 0. The standard InChI is InChI=1S/C18H24F2/c1-2-3-9-15(12-14-7-5-4-6-8-14)16-10-11-17(19)18(20)13-16/h7,10-11,13,15H,2-6,8-9,12H2,1H3. The van der Waals surface area contributed by atoms with Crippen molar-refractivity contribution in [1.29, 1.82) is 0 Å². The first-order valence-corrected chi connectivity index (χ1v) is 7.83. The fourth-order valence-corrected chi connectivity index (χ4v) is 3.01. The molecular formula is C18H24F2. The third-order valence-corrected chi connectivity index (χ3v) is 4.21. The number of halogens is 2. The second-order valence-corrected chi connectivity index (χ2v) is 5.82. The molecule has 20 heavy (non-hydrogen) atoms. The lowest BCUT2D eigenvalue weighted by atomic mass is 9.84. The molecule has 0 N–H and O–H groups in total. The molecule has 0 nitrogen and oxygen atoms in total. The first-order chi connectivity index (χ1) is 9.70. The van der Waals surface area contributed by atoms with Crippen LogP contribution in [0, 0.1) is 11.6 Å². The molecule has 0 saturated carbocycles. The first-order valence-electron chi connectivity index (χ1n) is 7.83. The lowest BCUT2D eigenvalue weighted by Crippen LogP contribution is -2.04. The molecule has 1 unspecified atom stereocenters. The zero-order chi connectivity index (χ0) is 14.4. The van der Waals surface area contributed by atoms with E-state index in [1.165, 1.54) is 43.4 Å². The van der Waals surface area contributed by atoms with E-state index < -0.39 is 11.6 Å². The van der Waals surface area contributed by atoms with Crippen LogP contribution in [-0.2, 0) is 0 Å². The van der Waals surface area contributed by atoms with Crippen molar-refractivity contribution >= 4 is 0 Å². The van der Waals surface area contributed by atoms with Gasteiger partial charge in [0, 0.05) is 0 Å². The lowest BCUT2D eigenvalue weighted by molar-refractivity contribution is 0.500. The SMILES string of the molecule is CCCCC(CC1=CCCCC1)c1ccc(F)c(F)c1. The highest BCUT2D eigenvalue weighted by molar-refractivity contribution is 5.24. The third kappa shape index (κ3) is 4.16. The molecule has 2 heteroatoms. The van der Waals surface area contributed by atoms with Gasteiger partial charge >= 0.3 is 0 Å². The Bertz CT molecular complexity index is 462. The monoisotopic (exact) mass is 278 g/mol. The van der Waals surface area contributed by atoms with E-state index in [1.807, 2.05) is 0 Å². The van der Waals surface area contributed by atoms with Gasteiger partial charge in [0.05, 0.1) is 0 Å². The molecule has 1 aliphatic carbocycles. The van der Waals surface area contributed by atoms with E-state index in [1.54, 1.807) is 6.07 Å². The molecule has 0 bridgehead atoms. The van der Waals surface area contributed by atoms with Gasteiger partial charge in [0.2, 0.25) is 0 Å².